The highest BCUT2D eigenvalue weighted by molar-refractivity contribution is 5.94. The second-order valence-electron chi connectivity index (χ2n) is 5.05. The molecule has 4 nitrogen and oxygen atoms in total. The lowest BCUT2D eigenvalue weighted by Gasteiger charge is -2.31. The van der Waals surface area contributed by atoms with Crippen LogP contribution in [0.25, 0.3) is 0 Å². The lowest BCUT2D eigenvalue weighted by Crippen LogP contribution is -2.40. The number of carbonyl (C=O) groups is 1. The number of carbonyl (C=O) groups excluding carboxylic acids is 1. The van der Waals surface area contributed by atoms with Gasteiger partial charge in [-0.05, 0) is 49.9 Å². The van der Waals surface area contributed by atoms with E-state index < -0.39 is 0 Å². The average Bonchev–Trinajstić information content (AvgIpc) is 2.48. The molecule has 2 rings (SSSR count). The third-order valence-electron chi connectivity index (χ3n) is 3.58. The Kier molecular flexibility index (Phi) is 4.80. The number of likely N-dealkylation sites (tertiary alicyclic amines) is 1. The fourth-order valence-electron chi connectivity index (χ4n) is 2.52. The summed E-state index contributed by atoms with van der Waals surface area (Å²) in [4.78, 5) is 14.2. The first-order valence-corrected chi connectivity index (χ1v) is 6.98. The summed E-state index contributed by atoms with van der Waals surface area (Å²) in [7, 11) is 0. The largest absolute Gasteiger partial charge is 0.396 e. The van der Waals surface area contributed by atoms with E-state index in [1.54, 1.807) is 0 Å². The van der Waals surface area contributed by atoms with Gasteiger partial charge < -0.3 is 15.3 Å². The zero-order chi connectivity index (χ0) is 13.7. The highest BCUT2D eigenvalue weighted by Crippen LogP contribution is 2.19. The SMILES string of the molecule is CCNc1ccc(C(=O)N2CCCC(CO)C2)cc1. The van der Waals surface area contributed by atoms with E-state index in [1.807, 2.05) is 36.1 Å². The highest BCUT2D eigenvalue weighted by Gasteiger charge is 2.23. The number of benzene rings is 1. The Morgan fingerprint density at radius 3 is 2.79 bits per heavy atom. The maximum absolute atomic E-state index is 12.4. The number of hydrogen-bond acceptors (Lipinski definition) is 3. The Bertz CT molecular complexity index is 417. The molecule has 1 aliphatic heterocycles. The van der Waals surface area contributed by atoms with Crippen LogP contribution in [0.4, 0.5) is 5.69 Å². The molecule has 1 aromatic rings. The summed E-state index contributed by atoms with van der Waals surface area (Å²) in [6.45, 7) is 4.55. The van der Waals surface area contributed by atoms with Crippen molar-refractivity contribution in [1.29, 1.82) is 0 Å². The Labute approximate surface area is 114 Å². The number of aliphatic hydroxyl groups is 1. The van der Waals surface area contributed by atoms with Gasteiger partial charge in [0.1, 0.15) is 0 Å². The van der Waals surface area contributed by atoms with Crippen molar-refractivity contribution in [3.63, 3.8) is 0 Å². The summed E-state index contributed by atoms with van der Waals surface area (Å²) in [5.41, 5.74) is 1.76. The number of rotatable bonds is 4. The van der Waals surface area contributed by atoms with Crippen LogP contribution in [0.3, 0.4) is 0 Å². The van der Waals surface area contributed by atoms with Crippen LogP contribution in [-0.2, 0) is 0 Å². The number of piperidine rings is 1. The van der Waals surface area contributed by atoms with E-state index in [0.29, 0.717) is 6.54 Å². The summed E-state index contributed by atoms with van der Waals surface area (Å²) < 4.78 is 0. The van der Waals surface area contributed by atoms with Gasteiger partial charge in [0.2, 0.25) is 0 Å². The molecule has 2 N–H and O–H groups in total. The maximum atomic E-state index is 12.4. The summed E-state index contributed by atoms with van der Waals surface area (Å²) in [5, 5.41) is 12.4. The number of amides is 1. The topological polar surface area (TPSA) is 52.6 Å². The lowest BCUT2D eigenvalue weighted by atomic mass is 9.98. The summed E-state index contributed by atoms with van der Waals surface area (Å²) in [6, 6.07) is 7.60. The summed E-state index contributed by atoms with van der Waals surface area (Å²) in [5.74, 6) is 0.305. The van der Waals surface area contributed by atoms with Gasteiger partial charge >= 0.3 is 0 Å². The smallest absolute Gasteiger partial charge is 0.253 e. The third-order valence-corrected chi connectivity index (χ3v) is 3.58. The van der Waals surface area contributed by atoms with Crippen molar-refractivity contribution in [3.05, 3.63) is 29.8 Å². The predicted octanol–water partition coefficient (Wildman–Crippen LogP) is 1.96. The van der Waals surface area contributed by atoms with Crippen molar-refractivity contribution in [2.45, 2.75) is 19.8 Å². The molecule has 0 aliphatic carbocycles. The fourth-order valence-corrected chi connectivity index (χ4v) is 2.52. The standard InChI is InChI=1S/C15H22N2O2/c1-2-16-14-7-5-13(6-8-14)15(19)17-9-3-4-12(10-17)11-18/h5-8,12,16,18H,2-4,9-11H2,1H3. The molecule has 1 atom stereocenters. The minimum Gasteiger partial charge on any atom is -0.396 e. The van der Waals surface area contributed by atoms with Crippen molar-refractivity contribution < 1.29 is 9.90 Å². The minimum absolute atomic E-state index is 0.0706. The normalized spacial score (nSPS) is 19.3. The van der Waals surface area contributed by atoms with Gasteiger partial charge in [-0.25, -0.2) is 0 Å². The van der Waals surface area contributed by atoms with Gasteiger partial charge in [-0.1, -0.05) is 0 Å². The molecule has 0 radical (unpaired) electrons. The molecule has 0 bridgehead atoms. The molecule has 1 aromatic carbocycles. The molecular weight excluding hydrogens is 240 g/mol. The van der Waals surface area contributed by atoms with E-state index in [9.17, 15) is 9.90 Å². The van der Waals surface area contributed by atoms with Gasteiger partial charge in [0.25, 0.3) is 5.91 Å². The number of aliphatic hydroxyl groups excluding tert-OH is 1. The molecule has 0 aromatic heterocycles. The zero-order valence-electron chi connectivity index (χ0n) is 11.4. The second kappa shape index (κ2) is 6.57. The van der Waals surface area contributed by atoms with E-state index in [1.165, 1.54) is 0 Å². The van der Waals surface area contributed by atoms with Crippen LogP contribution < -0.4 is 5.32 Å². The van der Waals surface area contributed by atoms with Crippen LogP contribution in [0.2, 0.25) is 0 Å². The summed E-state index contributed by atoms with van der Waals surface area (Å²) >= 11 is 0. The predicted molar refractivity (Wildman–Crippen MR) is 76.3 cm³/mol. The Morgan fingerprint density at radius 1 is 1.42 bits per heavy atom. The molecule has 0 saturated carbocycles. The van der Waals surface area contributed by atoms with Gasteiger partial charge in [-0.2, -0.15) is 0 Å². The molecular formula is C15H22N2O2. The molecule has 4 heteroatoms. The number of nitrogens with one attached hydrogen (secondary N) is 1. The molecule has 1 saturated heterocycles. The lowest BCUT2D eigenvalue weighted by molar-refractivity contribution is 0.0621. The number of nitrogens with zero attached hydrogens (tertiary/aromatic N) is 1. The van der Waals surface area contributed by atoms with E-state index in [2.05, 4.69) is 5.32 Å². The fraction of sp³-hybridized carbons (Fsp3) is 0.533. The number of hydrogen-bond donors (Lipinski definition) is 2. The average molecular weight is 262 g/mol. The van der Waals surface area contributed by atoms with Crippen molar-refractivity contribution in [3.8, 4) is 0 Å². The van der Waals surface area contributed by atoms with E-state index >= 15 is 0 Å². The molecule has 1 aliphatic rings. The third kappa shape index (κ3) is 3.47. The van der Waals surface area contributed by atoms with Crippen LogP contribution in [0.1, 0.15) is 30.1 Å². The molecule has 1 amide bonds. The molecule has 0 spiro atoms. The van der Waals surface area contributed by atoms with Gasteiger partial charge in [-0.3, -0.25) is 4.79 Å². The Morgan fingerprint density at radius 2 is 2.16 bits per heavy atom. The first kappa shape index (κ1) is 13.9. The molecule has 1 unspecified atom stereocenters. The Balaban J connectivity index is 2.02. The molecule has 1 fully saturated rings. The van der Waals surface area contributed by atoms with Crippen LogP contribution >= 0.6 is 0 Å². The molecule has 1 heterocycles. The highest BCUT2D eigenvalue weighted by atomic mass is 16.3. The quantitative estimate of drug-likeness (QED) is 0.872. The van der Waals surface area contributed by atoms with Crippen molar-refractivity contribution in [2.75, 3.05) is 31.6 Å². The van der Waals surface area contributed by atoms with Crippen LogP contribution in [-0.4, -0.2) is 42.2 Å². The van der Waals surface area contributed by atoms with E-state index in [-0.39, 0.29) is 18.4 Å². The van der Waals surface area contributed by atoms with Crippen molar-refractivity contribution in [2.24, 2.45) is 5.92 Å². The van der Waals surface area contributed by atoms with Gasteiger partial charge in [0, 0.05) is 37.5 Å². The number of anilines is 1. The summed E-state index contributed by atoms with van der Waals surface area (Å²) in [6.07, 6.45) is 1.99. The van der Waals surface area contributed by atoms with E-state index in [4.69, 9.17) is 0 Å². The van der Waals surface area contributed by atoms with E-state index in [0.717, 1.165) is 37.2 Å². The minimum atomic E-state index is 0.0706. The van der Waals surface area contributed by atoms with Crippen LogP contribution in [0.5, 0.6) is 0 Å². The monoisotopic (exact) mass is 262 g/mol. The van der Waals surface area contributed by atoms with Crippen molar-refractivity contribution >= 4 is 11.6 Å². The van der Waals surface area contributed by atoms with Crippen LogP contribution in [0, 0.1) is 5.92 Å². The first-order chi connectivity index (χ1) is 9.24. The Hall–Kier alpha value is -1.55. The first-order valence-electron chi connectivity index (χ1n) is 6.98. The van der Waals surface area contributed by atoms with Gasteiger partial charge in [-0.15, -0.1) is 0 Å². The van der Waals surface area contributed by atoms with Gasteiger partial charge in [0.05, 0.1) is 0 Å². The van der Waals surface area contributed by atoms with Gasteiger partial charge in [0.15, 0.2) is 0 Å². The van der Waals surface area contributed by atoms with Crippen LogP contribution in [0.15, 0.2) is 24.3 Å². The zero-order valence-corrected chi connectivity index (χ0v) is 11.4. The second-order valence-corrected chi connectivity index (χ2v) is 5.05. The maximum Gasteiger partial charge on any atom is 0.253 e. The van der Waals surface area contributed by atoms with Crippen molar-refractivity contribution in [1.82, 2.24) is 4.90 Å². The molecule has 19 heavy (non-hydrogen) atoms. The molecule has 104 valence electrons.